The SMILES string of the molecule is CC(C)(C)Oc1ccc(-c2nnc(Nc3ccc(F)cc3F)o2)cc1. The molecular formula is C18H17F2N3O2. The monoisotopic (exact) mass is 345 g/mol. The fourth-order valence-corrected chi connectivity index (χ4v) is 2.12. The van der Waals surface area contributed by atoms with E-state index in [4.69, 9.17) is 9.15 Å². The topological polar surface area (TPSA) is 60.2 Å². The summed E-state index contributed by atoms with van der Waals surface area (Å²) in [6.07, 6.45) is 0. The summed E-state index contributed by atoms with van der Waals surface area (Å²) in [5.74, 6) is -0.412. The van der Waals surface area contributed by atoms with Gasteiger partial charge >= 0.3 is 6.01 Å². The van der Waals surface area contributed by atoms with Crippen molar-refractivity contribution < 1.29 is 17.9 Å². The van der Waals surface area contributed by atoms with Crippen LogP contribution in [0, 0.1) is 11.6 Å². The fraction of sp³-hybridized carbons (Fsp3) is 0.222. The van der Waals surface area contributed by atoms with Gasteiger partial charge in [0.1, 0.15) is 23.0 Å². The van der Waals surface area contributed by atoms with E-state index in [1.807, 2.05) is 20.8 Å². The largest absolute Gasteiger partial charge is 0.488 e. The lowest BCUT2D eigenvalue weighted by molar-refractivity contribution is 0.131. The number of benzene rings is 2. The molecule has 7 heteroatoms. The highest BCUT2D eigenvalue weighted by atomic mass is 19.1. The Morgan fingerprint density at radius 1 is 1.00 bits per heavy atom. The van der Waals surface area contributed by atoms with Crippen LogP contribution >= 0.6 is 0 Å². The second-order valence-electron chi connectivity index (χ2n) is 6.40. The van der Waals surface area contributed by atoms with E-state index < -0.39 is 11.6 Å². The first kappa shape index (κ1) is 16.9. The minimum absolute atomic E-state index is 0.00975. The van der Waals surface area contributed by atoms with Gasteiger partial charge in [0.25, 0.3) is 0 Å². The van der Waals surface area contributed by atoms with Crippen LogP contribution in [-0.2, 0) is 0 Å². The third-order valence-corrected chi connectivity index (χ3v) is 3.12. The van der Waals surface area contributed by atoms with Gasteiger partial charge in [-0.15, -0.1) is 5.10 Å². The molecule has 0 aliphatic carbocycles. The Kier molecular flexibility index (Phi) is 4.39. The first-order valence-electron chi connectivity index (χ1n) is 7.65. The fourth-order valence-electron chi connectivity index (χ4n) is 2.12. The van der Waals surface area contributed by atoms with Crippen molar-refractivity contribution in [2.24, 2.45) is 0 Å². The summed E-state index contributed by atoms with van der Waals surface area (Å²) in [5, 5.41) is 10.4. The maximum Gasteiger partial charge on any atom is 0.320 e. The lowest BCUT2D eigenvalue weighted by Crippen LogP contribution is -2.22. The molecule has 0 radical (unpaired) electrons. The average Bonchev–Trinajstić information content (AvgIpc) is 2.98. The van der Waals surface area contributed by atoms with Crippen molar-refractivity contribution in [3.63, 3.8) is 0 Å². The second kappa shape index (κ2) is 6.51. The Balaban J connectivity index is 1.75. The molecule has 0 unspecified atom stereocenters. The molecule has 1 heterocycles. The van der Waals surface area contributed by atoms with Gasteiger partial charge < -0.3 is 14.5 Å². The van der Waals surface area contributed by atoms with E-state index in [2.05, 4.69) is 15.5 Å². The highest BCUT2D eigenvalue weighted by Gasteiger charge is 2.14. The van der Waals surface area contributed by atoms with E-state index in [1.54, 1.807) is 24.3 Å². The van der Waals surface area contributed by atoms with Gasteiger partial charge in [0, 0.05) is 11.6 Å². The molecule has 0 aliphatic rings. The molecule has 25 heavy (non-hydrogen) atoms. The number of hydrogen-bond donors (Lipinski definition) is 1. The maximum absolute atomic E-state index is 13.6. The molecule has 0 atom stereocenters. The molecule has 0 amide bonds. The van der Waals surface area contributed by atoms with Crippen molar-refractivity contribution in [2.75, 3.05) is 5.32 Å². The van der Waals surface area contributed by atoms with Gasteiger partial charge in [-0.25, -0.2) is 8.78 Å². The van der Waals surface area contributed by atoms with Gasteiger partial charge in [0.15, 0.2) is 0 Å². The third kappa shape index (κ3) is 4.32. The number of anilines is 2. The molecule has 2 aromatic carbocycles. The van der Waals surface area contributed by atoms with Crippen molar-refractivity contribution in [3.8, 4) is 17.2 Å². The molecule has 5 nitrogen and oxygen atoms in total. The summed E-state index contributed by atoms with van der Waals surface area (Å²) in [6, 6.07) is 10.4. The minimum atomic E-state index is -0.747. The Bertz CT molecular complexity index is 871. The first-order valence-corrected chi connectivity index (χ1v) is 7.65. The zero-order chi connectivity index (χ0) is 18.0. The predicted octanol–water partition coefficient (Wildman–Crippen LogP) is 4.94. The van der Waals surface area contributed by atoms with E-state index in [0.29, 0.717) is 5.56 Å². The number of aromatic nitrogens is 2. The van der Waals surface area contributed by atoms with Crippen molar-refractivity contribution in [1.29, 1.82) is 0 Å². The lowest BCUT2D eigenvalue weighted by atomic mass is 10.1. The lowest BCUT2D eigenvalue weighted by Gasteiger charge is -2.21. The van der Waals surface area contributed by atoms with Crippen LogP contribution in [0.1, 0.15) is 20.8 Å². The molecule has 130 valence electrons. The van der Waals surface area contributed by atoms with Crippen LogP contribution < -0.4 is 10.1 Å². The smallest absolute Gasteiger partial charge is 0.320 e. The third-order valence-electron chi connectivity index (χ3n) is 3.12. The van der Waals surface area contributed by atoms with Crippen molar-refractivity contribution >= 4 is 11.7 Å². The quantitative estimate of drug-likeness (QED) is 0.726. The van der Waals surface area contributed by atoms with Gasteiger partial charge in [-0.3, -0.25) is 0 Å². The summed E-state index contributed by atoms with van der Waals surface area (Å²) in [5.41, 5.74) is 0.453. The zero-order valence-electron chi connectivity index (χ0n) is 14.0. The van der Waals surface area contributed by atoms with E-state index in [9.17, 15) is 8.78 Å². The molecule has 1 N–H and O–H groups in total. The predicted molar refractivity (Wildman–Crippen MR) is 89.8 cm³/mol. The first-order chi connectivity index (χ1) is 11.8. The van der Waals surface area contributed by atoms with Crippen LogP contribution in [-0.4, -0.2) is 15.8 Å². The molecule has 0 saturated carbocycles. The van der Waals surface area contributed by atoms with Crippen LogP contribution in [0.3, 0.4) is 0 Å². The molecule has 3 aromatic rings. The summed E-state index contributed by atoms with van der Waals surface area (Å²) < 4.78 is 37.8. The van der Waals surface area contributed by atoms with E-state index >= 15 is 0 Å². The van der Waals surface area contributed by atoms with E-state index in [-0.39, 0.29) is 23.2 Å². The molecular weight excluding hydrogens is 328 g/mol. The minimum Gasteiger partial charge on any atom is -0.488 e. The van der Waals surface area contributed by atoms with Gasteiger partial charge in [-0.05, 0) is 57.2 Å². The summed E-state index contributed by atoms with van der Waals surface area (Å²) in [7, 11) is 0. The molecule has 0 fully saturated rings. The average molecular weight is 345 g/mol. The molecule has 0 bridgehead atoms. The molecule has 0 aliphatic heterocycles. The van der Waals surface area contributed by atoms with Crippen LogP contribution in [0.2, 0.25) is 0 Å². The molecule has 1 aromatic heterocycles. The molecule has 0 spiro atoms. The normalized spacial score (nSPS) is 11.4. The number of nitrogens with one attached hydrogen (secondary N) is 1. The summed E-state index contributed by atoms with van der Waals surface area (Å²) in [4.78, 5) is 0. The Morgan fingerprint density at radius 3 is 2.36 bits per heavy atom. The van der Waals surface area contributed by atoms with Crippen molar-refractivity contribution in [1.82, 2.24) is 10.2 Å². The van der Waals surface area contributed by atoms with E-state index in [1.165, 1.54) is 6.07 Å². The van der Waals surface area contributed by atoms with Crippen LogP contribution in [0.5, 0.6) is 5.75 Å². The van der Waals surface area contributed by atoms with E-state index in [0.717, 1.165) is 17.9 Å². The Hall–Kier alpha value is -2.96. The van der Waals surface area contributed by atoms with Gasteiger partial charge in [0.05, 0.1) is 5.69 Å². The van der Waals surface area contributed by atoms with Gasteiger partial charge in [-0.1, -0.05) is 5.10 Å². The molecule has 3 rings (SSSR count). The van der Waals surface area contributed by atoms with Crippen molar-refractivity contribution in [3.05, 3.63) is 54.1 Å². The van der Waals surface area contributed by atoms with Crippen molar-refractivity contribution in [2.45, 2.75) is 26.4 Å². The highest BCUT2D eigenvalue weighted by molar-refractivity contribution is 5.57. The molecule has 0 saturated heterocycles. The number of nitrogens with zero attached hydrogens (tertiary/aromatic N) is 2. The number of ether oxygens (including phenoxy) is 1. The highest BCUT2D eigenvalue weighted by Crippen LogP contribution is 2.26. The number of halogens is 2. The van der Waals surface area contributed by atoms with Gasteiger partial charge in [0.2, 0.25) is 5.89 Å². The van der Waals surface area contributed by atoms with Crippen LogP contribution in [0.25, 0.3) is 11.5 Å². The standard InChI is InChI=1S/C18H17F2N3O2/c1-18(2,3)25-13-7-4-11(5-8-13)16-22-23-17(24-16)21-15-9-6-12(19)10-14(15)20/h4-10H,1-3H3,(H,21,23). The number of rotatable bonds is 4. The zero-order valence-corrected chi connectivity index (χ0v) is 14.0. The van der Waals surface area contributed by atoms with Crippen LogP contribution in [0.15, 0.2) is 46.9 Å². The summed E-state index contributed by atoms with van der Waals surface area (Å²) in [6.45, 7) is 5.89. The summed E-state index contributed by atoms with van der Waals surface area (Å²) >= 11 is 0. The maximum atomic E-state index is 13.6. The van der Waals surface area contributed by atoms with Gasteiger partial charge in [-0.2, -0.15) is 0 Å². The second-order valence-corrected chi connectivity index (χ2v) is 6.40. The van der Waals surface area contributed by atoms with Crippen LogP contribution in [0.4, 0.5) is 20.5 Å². The Morgan fingerprint density at radius 2 is 1.72 bits per heavy atom. The Labute approximate surface area is 143 Å². The number of hydrogen-bond acceptors (Lipinski definition) is 5.